The number of H-pyrrole nitrogens is 1. The molecule has 0 radical (unpaired) electrons. The lowest BCUT2D eigenvalue weighted by molar-refractivity contribution is 0.628. The number of anilines is 1. The first-order valence-corrected chi connectivity index (χ1v) is 8.38. The Labute approximate surface area is 150 Å². The first-order valence-electron chi connectivity index (χ1n) is 8.38. The number of aliphatic imine (C=N–C) groups is 1. The third kappa shape index (κ3) is 3.09. The number of benzene rings is 2. The average molecular weight is 343 g/mol. The highest BCUT2D eigenvalue weighted by molar-refractivity contribution is 5.86. The monoisotopic (exact) mass is 343 g/mol. The van der Waals surface area contributed by atoms with Crippen LogP contribution in [0.4, 0.5) is 10.1 Å². The summed E-state index contributed by atoms with van der Waals surface area (Å²) in [5, 5.41) is 1.94. The minimum absolute atomic E-state index is 0.250. The first kappa shape index (κ1) is 16.1. The van der Waals surface area contributed by atoms with Gasteiger partial charge in [0.25, 0.3) is 0 Å². The van der Waals surface area contributed by atoms with Crippen LogP contribution in [0.5, 0.6) is 0 Å². The number of halogens is 1. The first-order chi connectivity index (χ1) is 12.6. The molecule has 0 amide bonds. The fourth-order valence-corrected chi connectivity index (χ4v) is 2.99. The van der Waals surface area contributed by atoms with Crippen molar-refractivity contribution in [2.75, 3.05) is 5.73 Å². The van der Waals surface area contributed by atoms with Crippen LogP contribution in [0.2, 0.25) is 0 Å². The molecule has 0 atom stereocenters. The van der Waals surface area contributed by atoms with Crippen molar-refractivity contribution in [3.63, 3.8) is 0 Å². The van der Waals surface area contributed by atoms with Gasteiger partial charge < -0.3 is 10.7 Å². The van der Waals surface area contributed by atoms with Crippen LogP contribution in [0.25, 0.3) is 23.0 Å². The average Bonchev–Trinajstić information content (AvgIpc) is 3.03. The second kappa shape index (κ2) is 6.48. The molecule has 1 aliphatic rings. The van der Waals surface area contributed by atoms with Crippen LogP contribution >= 0.6 is 0 Å². The molecule has 0 unspecified atom stereocenters. The zero-order valence-electron chi connectivity index (χ0n) is 14.3. The van der Waals surface area contributed by atoms with Crippen molar-refractivity contribution in [2.24, 2.45) is 4.99 Å². The van der Waals surface area contributed by atoms with Crippen LogP contribution in [0.3, 0.4) is 0 Å². The van der Waals surface area contributed by atoms with Crippen molar-refractivity contribution >= 4 is 23.7 Å². The number of nitrogens with zero attached hydrogens (tertiary/aromatic N) is 1. The smallest absolute Gasteiger partial charge is 0.123 e. The number of rotatable bonds is 2. The second-order valence-electron chi connectivity index (χ2n) is 6.33. The molecule has 128 valence electrons. The van der Waals surface area contributed by atoms with Crippen LogP contribution in [0, 0.1) is 5.82 Å². The van der Waals surface area contributed by atoms with E-state index in [0.717, 1.165) is 38.7 Å². The van der Waals surface area contributed by atoms with Crippen LogP contribution in [0.15, 0.2) is 71.2 Å². The molecule has 3 nitrogen and oxygen atoms in total. The molecule has 26 heavy (non-hydrogen) atoms. The summed E-state index contributed by atoms with van der Waals surface area (Å²) >= 11 is 0. The zero-order valence-corrected chi connectivity index (χ0v) is 14.3. The van der Waals surface area contributed by atoms with E-state index in [-0.39, 0.29) is 5.82 Å². The number of nitrogens with one attached hydrogen (secondary N) is 1. The Bertz CT molecular complexity index is 1150. The highest BCUT2D eigenvalue weighted by atomic mass is 19.1. The topological polar surface area (TPSA) is 54.2 Å². The van der Waals surface area contributed by atoms with E-state index in [9.17, 15) is 4.39 Å². The number of hydrogen-bond donors (Lipinski definition) is 2. The van der Waals surface area contributed by atoms with Gasteiger partial charge >= 0.3 is 0 Å². The highest BCUT2D eigenvalue weighted by Gasteiger charge is 2.08. The third-order valence-electron chi connectivity index (χ3n) is 4.33. The Morgan fingerprint density at radius 1 is 0.962 bits per heavy atom. The molecule has 2 heterocycles. The van der Waals surface area contributed by atoms with E-state index < -0.39 is 0 Å². The van der Waals surface area contributed by atoms with Gasteiger partial charge in [-0.25, -0.2) is 4.39 Å². The highest BCUT2D eigenvalue weighted by Crippen LogP contribution is 2.19. The molecule has 0 saturated heterocycles. The summed E-state index contributed by atoms with van der Waals surface area (Å²) in [7, 11) is 0. The van der Waals surface area contributed by atoms with Crippen LogP contribution in [-0.2, 0) is 0 Å². The maximum absolute atomic E-state index is 13.2. The lowest BCUT2D eigenvalue weighted by Crippen LogP contribution is -2.25. The van der Waals surface area contributed by atoms with Gasteiger partial charge in [0.1, 0.15) is 5.82 Å². The van der Waals surface area contributed by atoms with Crippen molar-refractivity contribution < 1.29 is 4.39 Å². The summed E-state index contributed by atoms with van der Waals surface area (Å²) in [5.41, 5.74) is 11.3. The molecule has 2 aromatic carbocycles. The molecule has 0 fully saturated rings. The van der Waals surface area contributed by atoms with Gasteiger partial charge in [-0.3, -0.25) is 4.99 Å². The second-order valence-corrected chi connectivity index (χ2v) is 6.33. The molecule has 4 rings (SSSR count). The number of allylic oxidation sites excluding steroid dienone is 2. The van der Waals surface area contributed by atoms with E-state index >= 15 is 0 Å². The number of aromatic amines is 1. The van der Waals surface area contributed by atoms with E-state index in [1.165, 1.54) is 12.1 Å². The summed E-state index contributed by atoms with van der Waals surface area (Å²) in [5.74, 6) is -0.250. The fraction of sp³-hybridized carbons (Fsp3) is 0.0455. The predicted octanol–water partition coefficient (Wildman–Crippen LogP) is 3.37. The zero-order chi connectivity index (χ0) is 18.1. The van der Waals surface area contributed by atoms with Crippen molar-refractivity contribution in [2.45, 2.75) is 6.92 Å². The van der Waals surface area contributed by atoms with Gasteiger partial charge in [0.15, 0.2) is 0 Å². The maximum Gasteiger partial charge on any atom is 0.123 e. The Morgan fingerprint density at radius 3 is 2.54 bits per heavy atom. The van der Waals surface area contributed by atoms with E-state index in [4.69, 9.17) is 10.7 Å². The van der Waals surface area contributed by atoms with E-state index in [0.29, 0.717) is 5.69 Å². The Morgan fingerprint density at radius 2 is 1.77 bits per heavy atom. The number of nitrogens with two attached hydrogens (primary N) is 1. The van der Waals surface area contributed by atoms with Gasteiger partial charge in [0, 0.05) is 33.7 Å². The molecule has 3 N–H and O–H groups in total. The molecular weight excluding hydrogens is 325 g/mol. The lowest BCUT2D eigenvalue weighted by Gasteiger charge is -2.04. The third-order valence-corrected chi connectivity index (χ3v) is 4.33. The minimum atomic E-state index is -0.250. The van der Waals surface area contributed by atoms with Crippen molar-refractivity contribution in [3.05, 3.63) is 88.2 Å². The van der Waals surface area contributed by atoms with Gasteiger partial charge in [-0.1, -0.05) is 18.2 Å². The van der Waals surface area contributed by atoms with Gasteiger partial charge in [0.2, 0.25) is 0 Å². The summed E-state index contributed by atoms with van der Waals surface area (Å²) in [6.45, 7) is 2.01. The van der Waals surface area contributed by atoms with Gasteiger partial charge in [0.05, 0.1) is 5.70 Å². The van der Waals surface area contributed by atoms with Crippen LogP contribution in [0.1, 0.15) is 12.5 Å². The molecular formula is C22H18FN3. The summed E-state index contributed by atoms with van der Waals surface area (Å²) < 4.78 is 13.2. The van der Waals surface area contributed by atoms with E-state index in [2.05, 4.69) is 4.98 Å². The van der Waals surface area contributed by atoms with E-state index in [1.807, 2.05) is 55.6 Å². The number of fused-ring (bicyclic) bond motifs is 1. The maximum atomic E-state index is 13.2. The van der Waals surface area contributed by atoms with Gasteiger partial charge in [-0.15, -0.1) is 0 Å². The summed E-state index contributed by atoms with van der Waals surface area (Å²) in [6.07, 6.45) is 5.90. The van der Waals surface area contributed by atoms with E-state index in [1.54, 1.807) is 12.1 Å². The minimum Gasteiger partial charge on any atom is -0.399 e. The molecule has 0 spiro atoms. The standard InChI is InChI=1S/C22H18FN3/c1-14-5-10-20-19(12-21(26-20)15-6-8-17(23)9-7-15)22(25-13-14)16-3-2-4-18(24)11-16/h2-13,26H,24H2,1H3/b10-5?,14-5+,14-13?,20-10-,22-19-,25-13-,25-22?. The number of nitrogen functional groups attached to an aromatic ring is 1. The fourth-order valence-electron chi connectivity index (χ4n) is 2.99. The Kier molecular flexibility index (Phi) is 4.01. The molecule has 0 saturated carbocycles. The normalized spacial score (nSPS) is 20.1. The van der Waals surface area contributed by atoms with Crippen molar-refractivity contribution in [1.29, 1.82) is 0 Å². The summed E-state index contributed by atoms with van der Waals surface area (Å²) in [6, 6.07) is 16.2. The largest absolute Gasteiger partial charge is 0.399 e. The van der Waals surface area contributed by atoms with Crippen LogP contribution in [-0.4, -0.2) is 11.2 Å². The molecule has 0 bridgehead atoms. The SMILES string of the molecule is CC1=C\C=c2/[nH]c(-c3ccc(F)cc3)c/c2=C(c2cccc(N)c2)/N=C\1. The quantitative estimate of drug-likeness (QED) is 0.689. The lowest BCUT2D eigenvalue weighted by atomic mass is 10.1. The molecule has 1 aliphatic heterocycles. The van der Waals surface area contributed by atoms with Gasteiger partial charge in [-0.05, 0) is 66.6 Å². The van der Waals surface area contributed by atoms with Crippen molar-refractivity contribution in [1.82, 2.24) is 4.98 Å². The van der Waals surface area contributed by atoms with Crippen LogP contribution < -0.4 is 16.3 Å². The van der Waals surface area contributed by atoms with Crippen molar-refractivity contribution in [3.8, 4) is 11.3 Å². The Hall–Kier alpha value is -3.40. The van der Waals surface area contributed by atoms with Gasteiger partial charge in [-0.2, -0.15) is 0 Å². The Balaban J connectivity index is 2.01. The number of aromatic nitrogens is 1. The number of hydrogen-bond acceptors (Lipinski definition) is 2. The molecule has 3 aromatic rings. The predicted molar refractivity (Wildman–Crippen MR) is 106 cm³/mol. The molecule has 4 heteroatoms. The molecule has 1 aromatic heterocycles. The summed E-state index contributed by atoms with van der Waals surface area (Å²) in [4.78, 5) is 8.13. The molecule has 0 aliphatic carbocycles.